The highest BCUT2D eigenvalue weighted by Crippen LogP contribution is 2.14. The molecule has 0 heterocycles. The third-order valence-corrected chi connectivity index (χ3v) is 2.89. The predicted octanol–water partition coefficient (Wildman–Crippen LogP) is 2.05. The first kappa shape index (κ1) is 15.1. The molecule has 0 spiro atoms. The van der Waals surface area contributed by atoms with Gasteiger partial charge in [-0.3, -0.25) is 9.59 Å². The fraction of sp³-hybridized carbons (Fsp3) is 0.429. The predicted molar refractivity (Wildman–Crippen MR) is 69.3 cm³/mol. The molecule has 0 fully saturated rings. The number of aryl methyl sites for hydroxylation is 1. The van der Waals surface area contributed by atoms with E-state index in [2.05, 4.69) is 5.32 Å². The van der Waals surface area contributed by atoms with Crippen molar-refractivity contribution in [1.82, 2.24) is 5.32 Å². The highest BCUT2D eigenvalue weighted by molar-refractivity contribution is 5.73. The van der Waals surface area contributed by atoms with E-state index in [1.165, 1.54) is 19.1 Å². The molecular formula is C14H18FNO3. The lowest BCUT2D eigenvalue weighted by Crippen LogP contribution is -2.35. The molecule has 0 aliphatic heterocycles. The minimum absolute atomic E-state index is 0.0285. The van der Waals surface area contributed by atoms with Crippen LogP contribution in [0.25, 0.3) is 0 Å². The number of amides is 1. The van der Waals surface area contributed by atoms with E-state index in [9.17, 15) is 14.0 Å². The Bertz CT molecular complexity index is 474. The summed E-state index contributed by atoms with van der Waals surface area (Å²) in [6.07, 6.45) is 0.723. The summed E-state index contributed by atoms with van der Waals surface area (Å²) < 4.78 is 13.2. The van der Waals surface area contributed by atoms with Crippen LogP contribution in [0.2, 0.25) is 0 Å². The fourth-order valence-electron chi connectivity index (χ4n) is 1.94. The van der Waals surface area contributed by atoms with Crippen LogP contribution in [0.15, 0.2) is 18.2 Å². The van der Waals surface area contributed by atoms with Gasteiger partial charge in [0.05, 0.1) is 0 Å². The molecule has 0 aliphatic carbocycles. The lowest BCUT2D eigenvalue weighted by molar-refractivity contribution is -0.137. The van der Waals surface area contributed by atoms with Gasteiger partial charge in [-0.1, -0.05) is 6.07 Å². The Labute approximate surface area is 111 Å². The molecule has 0 saturated carbocycles. The van der Waals surface area contributed by atoms with Crippen molar-refractivity contribution in [2.24, 2.45) is 0 Å². The topological polar surface area (TPSA) is 66.4 Å². The molecule has 1 rings (SSSR count). The Balaban J connectivity index is 2.77. The molecule has 0 aromatic heterocycles. The quantitative estimate of drug-likeness (QED) is 0.829. The van der Waals surface area contributed by atoms with Crippen molar-refractivity contribution in [3.05, 3.63) is 35.1 Å². The second-order valence-corrected chi connectivity index (χ2v) is 4.60. The SMILES string of the molecule is CC(=O)NC(CCC(=O)O)Cc1cc(F)ccc1C. The molecule has 1 atom stereocenters. The summed E-state index contributed by atoms with van der Waals surface area (Å²) in [5.74, 6) is -1.46. The molecule has 1 amide bonds. The first-order chi connectivity index (χ1) is 8.88. The fourth-order valence-corrected chi connectivity index (χ4v) is 1.94. The Morgan fingerprint density at radius 2 is 2.11 bits per heavy atom. The first-order valence-corrected chi connectivity index (χ1v) is 6.12. The van der Waals surface area contributed by atoms with Gasteiger partial charge in [0.15, 0.2) is 0 Å². The Kier molecular flexibility index (Phi) is 5.48. The van der Waals surface area contributed by atoms with E-state index >= 15 is 0 Å². The molecule has 0 radical (unpaired) electrons. The van der Waals surface area contributed by atoms with Gasteiger partial charge in [0.1, 0.15) is 5.82 Å². The maximum absolute atomic E-state index is 13.2. The number of carboxylic acid groups (broad SMARTS) is 1. The molecule has 2 N–H and O–H groups in total. The Morgan fingerprint density at radius 3 is 2.68 bits per heavy atom. The second-order valence-electron chi connectivity index (χ2n) is 4.60. The monoisotopic (exact) mass is 267 g/mol. The van der Waals surface area contributed by atoms with Crippen molar-refractivity contribution in [2.45, 2.75) is 39.2 Å². The summed E-state index contributed by atoms with van der Waals surface area (Å²) in [6.45, 7) is 3.24. The van der Waals surface area contributed by atoms with Crippen LogP contribution in [-0.2, 0) is 16.0 Å². The van der Waals surface area contributed by atoms with Crippen LogP contribution in [0.3, 0.4) is 0 Å². The standard InChI is InChI=1S/C14H18FNO3/c1-9-3-4-12(15)7-11(9)8-13(16-10(2)17)5-6-14(18)19/h3-4,7,13H,5-6,8H2,1-2H3,(H,16,17)(H,18,19). The third-order valence-electron chi connectivity index (χ3n) is 2.89. The van der Waals surface area contributed by atoms with Gasteiger partial charge in [0, 0.05) is 19.4 Å². The molecular weight excluding hydrogens is 249 g/mol. The number of nitrogens with one attached hydrogen (secondary N) is 1. The van der Waals surface area contributed by atoms with Gasteiger partial charge in [0.25, 0.3) is 0 Å². The molecule has 1 unspecified atom stereocenters. The normalized spacial score (nSPS) is 11.9. The van der Waals surface area contributed by atoms with Gasteiger partial charge < -0.3 is 10.4 Å². The first-order valence-electron chi connectivity index (χ1n) is 6.12. The number of aliphatic carboxylic acids is 1. The zero-order valence-corrected chi connectivity index (χ0v) is 11.1. The lowest BCUT2D eigenvalue weighted by atomic mass is 9.98. The average Bonchev–Trinajstić information content (AvgIpc) is 2.30. The molecule has 5 heteroatoms. The number of rotatable bonds is 6. The molecule has 4 nitrogen and oxygen atoms in total. The van der Waals surface area contributed by atoms with Crippen molar-refractivity contribution in [1.29, 1.82) is 0 Å². The molecule has 1 aromatic rings. The van der Waals surface area contributed by atoms with Crippen LogP contribution in [0, 0.1) is 12.7 Å². The number of carbonyl (C=O) groups excluding carboxylic acids is 1. The van der Waals surface area contributed by atoms with Crippen LogP contribution in [0.5, 0.6) is 0 Å². The highest BCUT2D eigenvalue weighted by atomic mass is 19.1. The van der Waals surface area contributed by atoms with E-state index in [0.29, 0.717) is 12.8 Å². The third kappa shape index (κ3) is 5.50. The molecule has 19 heavy (non-hydrogen) atoms. The summed E-state index contributed by atoms with van der Waals surface area (Å²) in [7, 11) is 0. The van der Waals surface area contributed by atoms with Gasteiger partial charge in [-0.2, -0.15) is 0 Å². The van der Waals surface area contributed by atoms with Crippen LogP contribution in [0.4, 0.5) is 4.39 Å². The van der Waals surface area contributed by atoms with Gasteiger partial charge in [-0.15, -0.1) is 0 Å². The van der Waals surface area contributed by atoms with Crippen LogP contribution < -0.4 is 5.32 Å². The highest BCUT2D eigenvalue weighted by Gasteiger charge is 2.14. The zero-order chi connectivity index (χ0) is 14.4. The maximum Gasteiger partial charge on any atom is 0.303 e. The zero-order valence-electron chi connectivity index (χ0n) is 11.1. The summed E-state index contributed by atoms with van der Waals surface area (Å²) in [4.78, 5) is 21.7. The number of hydrogen-bond acceptors (Lipinski definition) is 2. The number of carboxylic acids is 1. The molecule has 0 bridgehead atoms. The minimum Gasteiger partial charge on any atom is -0.481 e. The molecule has 104 valence electrons. The average molecular weight is 267 g/mol. The van der Waals surface area contributed by atoms with E-state index in [1.54, 1.807) is 6.07 Å². The summed E-state index contributed by atoms with van der Waals surface area (Å²) in [6, 6.07) is 4.18. The number of carbonyl (C=O) groups is 2. The molecule has 0 aliphatic rings. The van der Waals surface area contributed by atoms with Crippen molar-refractivity contribution < 1.29 is 19.1 Å². The van der Waals surface area contributed by atoms with E-state index in [0.717, 1.165) is 11.1 Å². The Hall–Kier alpha value is -1.91. The summed E-state index contributed by atoms with van der Waals surface area (Å²) >= 11 is 0. The smallest absolute Gasteiger partial charge is 0.303 e. The van der Waals surface area contributed by atoms with Crippen LogP contribution in [0.1, 0.15) is 30.9 Å². The van der Waals surface area contributed by atoms with E-state index < -0.39 is 5.97 Å². The molecule has 0 saturated heterocycles. The van der Waals surface area contributed by atoms with Gasteiger partial charge in [0.2, 0.25) is 5.91 Å². The molecule has 1 aromatic carbocycles. The summed E-state index contributed by atoms with van der Waals surface area (Å²) in [5.41, 5.74) is 1.70. The van der Waals surface area contributed by atoms with Crippen molar-refractivity contribution in [3.63, 3.8) is 0 Å². The maximum atomic E-state index is 13.2. The number of benzene rings is 1. The van der Waals surface area contributed by atoms with E-state index in [1.807, 2.05) is 6.92 Å². The van der Waals surface area contributed by atoms with Crippen LogP contribution >= 0.6 is 0 Å². The summed E-state index contributed by atoms with van der Waals surface area (Å²) in [5, 5.41) is 11.4. The van der Waals surface area contributed by atoms with Crippen LogP contribution in [-0.4, -0.2) is 23.0 Å². The van der Waals surface area contributed by atoms with Crippen molar-refractivity contribution in [3.8, 4) is 0 Å². The van der Waals surface area contributed by atoms with Crippen molar-refractivity contribution >= 4 is 11.9 Å². The Morgan fingerprint density at radius 1 is 1.42 bits per heavy atom. The number of hydrogen-bond donors (Lipinski definition) is 2. The lowest BCUT2D eigenvalue weighted by Gasteiger charge is -2.18. The minimum atomic E-state index is -0.911. The van der Waals surface area contributed by atoms with Gasteiger partial charge >= 0.3 is 5.97 Å². The van der Waals surface area contributed by atoms with E-state index in [4.69, 9.17) is 5.11 Å². The van der Waals surface area contributed by atoms with Crippen molar-refractivity contribution in [2.75, 3.05) is 0 Å². The number of halogens is 1. The second kappa shape index (κ2) is 6.87. The largest absolute Gasteiger partial charge is 0.481 e. The van der Waals surface area contributed by atoms with Gasteiger partial charge in [-0.25, -0.2) is 4.39 Å². The van der Waals surface area contributed by atoms with Gasteiger partial charge in [-0.05, 0) is 43.0 Å². The van der Waals surface area contributed by atoms with E-state index in [-0.39, 0.29) is 24.2 Å².